The second kappa shape index (κ2) is 39.8. The molecule has 482 valence electrons. The Labute approximate surface area is 487 Å². The molecule has 0 aromatic carbocycles. The van der Waals surface area contributed by atoms with Crippen LogP contribution in [0, 0.1) is 0 Å². The molecule has 6 unspecified atom stereocenters. The minimum absolute atomic E-state index is 0.0580. The number of carbonyl (C=O) groups excluding carboxylic acids is 6. The van der Waals surface area contributed by atoms with Gasteiger partial charge in [-0.15, -0.1) is 0 Å². The summed E-state index contributed by atoms with van der Waals surface area (Å²) in [5.74, 6) is -1.89. The Hall–Kier alpha value is -3.82. The molecule has 3 aliphatic rings. The van der Waals surface area contributed by atoms with Gasteiger partial charge >= 0.3 is 0 Å². The maximum absolute atomic E-state index is 13.3. The number of aliphatic hydroxyl groups excluding tert-OH is 9. The maximum Gasteiger partial charge on any atom is 0.220 e. The lowest BCUT2D eigenvalue weighted by Crippen LogP contribution is -2.64. The Morgan fingerprint density at radius 2 is 0.687 bits per heavy atom. The van der Waals surface area contributed by atoms with Crippen LogP contribution in [0.1, 0.15) is 150 Å². The van der Waals surface area contributed by atoms with Gasteiger partial charge in [-0.1, -0.05) is 52.4 Å². The Balaban J connectivity index is 1.48. The summed E-state index contributed by atoms with van der Waals surface area (Å²) in [7, 11) is 0. The molecule has 3 heterocycles. The second-order valence-electron chi connectivity index (χ2n) is 22.3. The predicted octanol–water partition coefficient (Wildman–Crippen LogP) is -3.03. The first-order chi connectivity index (χ1) is 39.6. The van der Waals surface area contributed by atoms with Crippen LogP contribution in [-0.4, -0.2) is 244 Å². The molecule has 0 aliphatic carbocycles. The molecular weight excluding hydrogens is 1090 g/mol. The summed E-state index contributed by atoms with van der Waals surface area (Å²) in [6, 6.07) is -3.14. The standard InChI is InChI=1S/C55H101N7O21/c1-33(2)62-55(21-18-40(69)56-24-12-6-9-15-27-78-52-43(59-34(3)66)49(75)46(72)37(30-63)81-52,22-19-41(70)57-25-13-7-10-16-28-79-53-44(60-35(4)67)50(76)47(73)38(31-64)82-53)23-20-42(71)58-26-14-8-11-17-29-80-54-45(61-36(5)68)51(77)48(74)39(32-65)83-54/h33,37-39,43-54,62-65,72-77H,6-32H2,1-5H3,(H,56,69)(H,57,70)(H,58,71)(H,59,66)(H,60,67)(H,61,68)/t37?,38?,39?,43?,44?,45?,46-,47-,48-,49+,50+,51+,52+,53+,54+,55?/m0/s1. The van der Waals surface area contributed by atoms with E-state index in [1.54, 1.807) is 0 Å². The van der Waals surface area contributed by atoms with Gasteiger partial charge in [0, 0.05) is 91.1 Å². The van der Waals surface area contributed by atoms with Crippen molar-refractivity contribution >= 4 is 35.4 Å². The molecule has 16 N–H and O–H groups in total. The van der Waals surface area contributed by atoms with Crippen LogP contribution >= 0.6 is 0 Å². The van der Waals surface area contributed by atoms with Crippen LogP contribution < -0.4 is 37.2 Å². The topological polar surface area (TPSA) is 424 Å². The van der Waals surface area contributed by atoms with E-state index in [0.717, 1.165) is 38.5 Å². The molecule has 0 spiro atoms. The van der Waals surface area contributed by atoms with Crippen LogP contribution in [0.5, 0.6) is 0 Å². The molecule has 15 atom stereocenters. The number of hydrogen-bond donors (Lipinski definition) is 16. The maximum atomic E-state index is 13.3. The fourth-order valence-electron chi connectivity index (χ4n) is 10.4. The monoisotopic (exact) mass is 1200 g/mol. The third-order valence-electron chi connectivity index (χ3n) is 14.9. The molecule has 28 nitrogen and oxygen atoms in total. The molecule has 6 amide bonds. The third kappa shape index (κ3) is 26.8. The summed E-state index contributed by atoms with van der Waals surface area (Å²) >= 11 is 0. The molecule has 28 heteroatoms. The van der Waals surface area contributed by atoms with Crippen molar-refractivity contribution in [3.05, 3.63) is 0 Å². The van der Waals surface area contributed by atoms with Crippen LogP contribution in [-0.2, 0) is 57.2 Å². The van der Waals surface area contributed by atoms with Crippen molar-refractivity contribution in [3.8, 4) is 0 Å². The zero-order valence-corrected chi connectivity index (χ0v) is 49.3. The highest BCUT2D eigenvalue weighted by Crippen LogP contribution is 2.28. The quantitative estimate of drug-likeness (QED) is 0.0271. The van der Waals surface area contributed by atoms with Gasteiger partial charge < -0.3 is 112 Å². The van der Waals surface area contributed by atoms with E-state index in [2.05, 4.69) is 37.2 Å². The first-order valence-electron chi connectivity index (χ1n) is 29.7. The lowest BCUT2D eigenvalue weighted by molar-refractivity contribution is -0.270. The van der Waals surface area contributed by atoms with Gasteiger partial charge in [0.25, 0.3) is 0 Å². The van der Waals surface area contributed by atoms with Gasteiger partial charge in [0.15, 0.2) is 18.9 Å². The first-order valence-corrected chi connectivity index (χ1v) is 29.7. The highest BCUT2D eigenvalue weighted by atomic mass is 16.7. The van der Waals surface area contributed by atoms with E-state index in [0.29, 0.717) is 77.4 Å². The molecule has 0 radical (unpaired) electrons. The number of hydrogen-bond acceptors (Lipinski definition) is 22. The summed E-state index contributed by atoms with van der Waals surface area (Å²) < 4.78 is 34.2. The SMILES string of the molecule is CC(=O)NC1[C@H](OCCCCCCNC(=O)CCC(CCC(=O)NCCCCCCO[C@@H]2OC(CO)[C@H](O)[C@H](O)C2NC(C)=O)(CCC(=O)NCCCCCCO[C@@H]2OC(CO)[C@H](O)[C@H](O)C2NC(C)=O)NC(C)C)OC(CO)[C@H](O)[C@@H]1O. The fourth-order valence-corrected chi connectivity index (χ4v) is 10.4. The third-order valence-corrected chi connectivity index (χ3v) is 14.9. The molecule has 3 aliphatic heterocycles. The zero-order valence-electron chi connectivity index (χ0n) is 49.3. The second-order valence-corrected chi connectivity index (χ2v) is 22.3. The lowest BCUT2D eigenvalue weighted by Gasteiger charge is -2.42. The van der Waals surface area contributed by atoms with Crippen molar-refractivity contribution in [2.24, 2.45) is 0 Å². The number of aliphatic hydroxyl groups is 9. The van der Waals surface area contributed by atoms with Gasteiger partial charge in [0.05, 0.1) is 19.8 Å². The van der Waals surface area contributed by atoms with Crippen molar-refractivity contribution < 1.29 is 103 Å². The highest BCUT2D eigenvalue weighted by molar-refractivity contribution is 5.78. The molecule has 3 saturated heterocycles. The van der Waals surface area contributed by atoms with Crippen LogP contribution in [0.2, 0.25) is 0 Å². The van der Waals surface area contributed by atoms with E-state index in [-0.39, 0.29) is 62.8 Å². The molecule has 3 rings (SSSR count). The van der Waals surface area contributed by atoms with E-state index in [1.807, 2.05) is 13.8 Å². The number of nitrogens with one attached hydrogen (secondary N) is 7. The number of amides is 6. The average Bonchev–Trinajstić information content (AvgIpc) is 3.42. The Morgan fingerprint density at radius 3 is 0.928 bits per heavy atom. The van der Waals surface area contributed by atoms with Crippen molar-refractivity contribution in [2.75, 3.05) is 59.3 Å². The molecular formula is C55H101N7O21. The molecule has 0 aromatic rings. The van der Waals surface area contributed by atoms with Crippen LogP contribution in [0.25, 0.3) is 0 Å². The Bertz CT molecular complexity index is 1700. The van der Waals surface area contributed by atoms with Crippen LogP contribution in [0.15, 0.2) is 0 Å². The molecule has 0 aromatic heterocycles. The summed E-state index contributed by atoms with van der Waals surface area (Å²) in [4.78, 5) is 75.2. The summed E-state index contributed by atoms with van der Waals surface area (Å²) in [6.07, 6.45) is -5.24. The Morgan fingerprint density at radius 1 is 0.422 bits per heavy atom. The molecule has 83 heavy (non-hydrogen) atoms. The van der Waals surface area contributed by atoms with Gasteiger partial charge in [0.1, 0.15) is 73.1 Å². The predicted molar refractivity (Wildman–Crippen MR) is 297 cm³/mol. The Kier molecular flexibility index (Phi) is 35.2. The van der Waals surface area contributed by atoms with E-state index < -0.39 is 135 Å². The van der Waals surface area contributed by atoms with Crippen molar-refractivity contribution in [3.63, 3.8) is 0 Å². The first kappa shape index (κ1) is 73.4. The lowest BCUT2D eigenvalue weighted by atomic mass is 9.82. The zero-order chi connectivity index (χ0) is 61.5. The van der Waals surface area contributed by atoms with Gasteiger partial charge in [-0.3, -0.25) is 28.8 Å². The number of carbonyl (C=O) groups is 6. The van der Waals surface area contributed by atoms with Crippen molar-refractivity contribution in [2.45, 2.75) is 254 Å². The van der Waals surface area contributed by atoms with E-state index in [1.165, 1.54) is 20.8 Å². The van der Waals surface area contributed by atoms with Gasteiger partial charge in [-0.25, -0.2) is 0 Å². The normalized spacial score (nSPS) is 28.9. The smallest absolute Gasteiger partial charge is 0.220 e. The van der Waals surface area contributed by atoms with Crippen molar-refractivity contribution in [1.82, 2.24) is 37.2 Å². The van der Waals surface area contributed by atoms with E-state index >= 15 is 0 Å². The van der Waals surface area contributed by atoms with Gasteiger partial charge in [0.2, 0.25) is 35.4 Å². The molecule has 3 fully saturated rings. The average molecular weight is 1200 g/mol. The van der Waals surface area contributed by atoms with E-state index in [9.17, 15) is 74.7 Å². The van der Waals surface area contributed by atoms with Crippen LogP contribution in [0.4, 0.5) is 0 Å². The molecule has 0 saturated carbocycles. The number of unbranched alkanes of at least 4 members (excludes halogenated alkanes) is 9. The van der Waals surface area contributed by atoms with Gasteiger partial charge in [-0.05, 0) is 57.8 Å². The largest absolute Gasteiger partial charge is 0.394 e. The van der Waals surface area contributed by atoms with E-state index in [4.69, 9.17) is 28.4 Å². The minimum atomic E-state index is -1.41. The van der Waals surface area contributed by atoms with Gasteiger partial charge in [-0.2, -0.15) is 0 Å². The summed E-state index contributed by atoms with van der Waals surface area (Å²) in [5, 5.41) is 111. The van der Waals surface area contributed by atoms with Crippen LogP contribution in [0.3, 0.4) is 0 Å². The summed E-state index contributed by atoms with van der Waals surface area (Å²) in [6.45, 7) is 7.96. The number of rotatable bonds is 41. The van der Waals surface area contributed by atoms with Crippen molar-refractivity contribution in [1.29, 1.82) is 0 Å². The fraction of sp³-hybridized carbons (Fsp3) is 0.891. The molecule has 0 bridgehead atoms. The number of ether oxygens (including phenoxy) is 6. The summed E-state index contributed by atoms with van der Waals surface area (Å²) in [5.41, 5.74) is -0.759. The minimum Gasteiger partial charge on any atom is -0.394 e. The highest BCUT2D eigenvalue weighted by Gasteiger charge is 2.48.